The van der Waals surface area contributed by atoms with Crippen LogP contribution < -0.4 is 4.74 Å². The van der Waals surface area contributed by atoms with Gasteiger partial charge in [0.2, 0.25) is 0 Å². The smallest absolute Gasteiger partial charge is 0.169 e. The third-order valence-electron chi connectivity index (χ3n) is 1.27. The minimum Gasteiger partial charge on any atom is -0.487 e. The lowest BCUT2D eigenvalue weighted by Gasteiger charge is -2.11. The van der Waals surface area contributed by atoms with Crippen LogP contribution >= 0.6 is 15.9 Å². The van der Waals surface area contributed by atoms with E-state index < -0.39 is 0 Å². The highest BCUT2D eigenvalue weighted by atomic mass is 79.9. The summed E-state index contributed by atoms with van der Waals surface area (Å²) < 4.78 is 19.0. The van der Waals surface area contributed by atoms with Gasteiger partial charge in [0.1, 0.15) is 0 Å². The zero-order valence-electron chi connectivity index (χ0n) is 6.97. The molecular weight excluding hydrogens is 223 g/mol. The van der Waals surface area contributed by atoms with Crippen LogP contribution in [0.25, 0.3) is 0 Å². The molecule has 12 heavy (non-hydrogen) atoms. The molecule has 0 aliphatic heterocycles. The van der Waals surface area contributed by atoms with Crippen molar-refractivity contribution in [2.45, 2.75) is 20.0 Å². The van der Waals surface area contributed by atoms with Crippen molar-refractivity contribution >= 4 is 15.9 Å². The summed E-state index contributed by atoms with van der Waals surface area (Å²) in [5.41, 5.74) is 0. The van der Waals surface area contributed by atoms with Gasteiger partial charge in [0.25, 0.3) is 0 Å². The summed E-state index contributed by atoms with van der Waals surface area (Å²) in [5.74, 6) is -0.0504. The van der Waals surface area contributed by atoms with Crippen LogP contribution in [-0.4, -0.2) is 6.10 Å². The number of benzene rings is 1. The van der Waals surface area contributed by atoms with Crippen LogP contribution in [0.15, 0.2) is 22.7 Å². The van der Waals surface area contributed by atoms with Crippen molar-refractivity contribution in [3.05, 3.63) is 28.5 Å². The average molecular weight is 233 g/mol. The summed E-state index contributed by atoms with van der Waals surface area (Å²) in [6.45, 7) is 3.72. The maximum Gasteiger partial charge on any atom is 0.169 e. The number of halogens is 2. The van der Waals surface area contributed by atoms with Crippen molar-refractivity contribution in [3.8, 4) is 5.75 Å². The number of hydrogen-bond donors (Lipinski definition) is 0. The normalized spacial score (nSPS) is 10.4. The second-order valence-corrected chi connectivity index (χ2v) is 3.57. The lowest BCUT2D eigenvalue weighted by molar-refractivity contribution is 0.229. The van der Waals surface area contributed by atoms with Crippen molar-refractivity contribution in [1.82, 2.24) is 0 Å². The van der Waals surface area contributed by atoms with Gasteiger partial charge in [-0.15, -0.1) is 0 Å². The summed E-state index contributed by atoms with van der Waals surface area (Å²) in [7, 11) is 0. The summed E-state index contributed by atoms with van der Waals surface area (Å²) in [5, 5.41) is 0. The van der Waals surface area contributed by atoms with Gasteiger partial charge in [-0.2, -0.15) is 0 Å². The Hall–Kier alpha value is -0.570. The Bertz CT molecular complexity index is 253. The predicted molar refractivity (Wildman–Crippen MR) is 49.9 cm³/mol. The molecule has 3 heteroatoms. The van der Waals surface area contributed by atoms with Crippen molar-refractivity contribution in [3.63, 3.8) is 0 Å². The van der Waals surface area contributed by atoms with Gasteiger partial charge in [-0.3, -0.25) is 0 Å². The number of ether oxygens (including phenoxy) is 1. The van der Waals surface area contributed by atoms with Crippen LogP contribution in [0.1, 0.15) is 13.8 Å². The van der Waals surface area contributed by atoms with E-state index in [0.29, 0.717) is 4.47 Å². The molecular formula is C9H10BrFO. The lowest BCUT2D eigenvalue weighted by atomic mass is 10.3. The second kappa shape index (κ2) is 3.90. The monoisotopic (exact) mass is 232 g/mol. The van der Waals surface area contributed by atoms with Crippen LogP contribution in [0.3, 0.4) is 0 Å². The summed E-state index contributed by atoms with van der Waals surface area (Å²) >= 11 is 3.21. The zero-order valence-corrected chi connectivity index (χ0v) is 8.56. The quantitative estimate of drug-likeness (QED) is 0.760. The highest BCUT2D eigenvalue weighted by molar-refractivity contribution is 9.10. The summed E-state index contributed by atoms with van der Waals surface area (Å²) in [6, 6.07) is 4.76. The van der Waals surface area contributed by atoms with E-state index >= 15 is 0 Å². The van der Waals surface area contributed by atoms with Gasteiger partial charge in [0.15, 0.2) is 11.6 Å². The van der Waals surface area contributed by atoms with E-state index in [2.05, 4.69) is 15.9 Å². The Labute approximate surface area is 79.7 Å². The van der Waals surface area contributed by atoms with Gasteiger partial charge in [0.05, 0.1) is 10.6 Å². The minimum atomic E-state index is -0.335. The molecule has 0 aliphatic carbocycles. The Kier molecular flexibility index (Phi) is 3.09. The minimum absolute atomic E-state index is 0.0156. The second-order valence-electron chi connectivity index (χ2n) is 2.72. The van der Waals surface area contributed by atoms with E-state index in [1.165, 1.54) is 6.07 Å². The van der Waals surface area contributed by atoms with Gasteiger partial charge in [-0.05, 0) is 41.9 Å². The van der Waals surface area contributed by atoms with Crippen molar-refractivity contribution in [1.29, 1.82) is 0 Å². The molecule has 0 aromatic heterocycles. The molecule has 0 N–H and O–H groups in total. The molecule has 0 spiro atoms. The highest BCUT2D eigenvalue weighted by Crippen LogP contribution is 2.28. The standard InChI is InChI=1S/C9H10BrFO/c1-6(2)12-9-7(10)4-3-5-8(9)11/h3-6H,1-2H3. The summed E-state index contributed by atoms with van der Waals surface area (Å²) in [4.78, 5) is 0. The first kappa shape index (κ1) is 9.52. The van der Waals surface area contributed by atoms with E-state index in [1.54, 1.807) is 12.1 Å². The third-order valence-corrected chi connectivity index (χ3v) is 1.90. The summed E-state index contributed by atoms with van der Waals surface area (Å²) in [6.07, 6.45) is -0.0156. The van der Waals surface area contributed by atoms with Crippen LogP contribution in [0.5, 0.6) is 5.75 Å². The molecule has 66 valence electrons. The molecule has 0 atom stereocenters. The maximum absolute atomic E-state index is 13.1. The largest absolute Gasteiger partial charge is 0.487 e. The Morgan fingerprint density at radius 3 is 2.58 bits per heavy atom. The van der Waals surface area contributed by atoms with E-state index in [9.17, 15) is 4.39 Å². The molecule has 0 heterocycles. The van der Waals surface area contributed by atoms with E-state index in [0.717, 1.165) is 0 Å². The van der Waals surface area contributed by atoms with Crippen molar-refractivity contribution in [2.75, 3.05) is 0 Å². The SMILES string of the molecule is CC(C)Oc1c(F)cccc1Br. The van der Waals surface area contributed by atoms with E-state index in [4.69, 9.17) is 4.74 Å². The molecule has 1 rings (SSSR count). The van der Waals surface area contributed by atoms with Crippen LogP contribution in [0, 0.1) is 5.82 Å². The molecule has 0 bridgehead atoms. The zero-order chi connectivity index (χ0) is 9.14. The van der Waals surface area contributed by atoms with Crippen LogP contribution in [0.4, 0.5) is 4.39 Å². The fourth-order valence-electron chi connectivity index (χ4n) is 0.831. The first-order valence-corrected chi connectivity index (χ1v) is 4.51. The first-order valence-electron chi connectivity index (χ1n) is 3.72. The fraction of sp³-hybridized carbons (Fsp3) is 0.333. The van der Waals surface area contributed by atoms with Crippen molar-refractivity contribution < 1.29 is 9.13 Å². The molecule has 1 aromatic carbocycles. The molecule has 0 radical (unpaired) electrons. The molecule has 0 saturated carbocycles. The molecule has 0 fully saturated rings. The van der Waals surface area contributed by atoms with Gasteiger partial charge in [-0.1, -0.05) is 6.07 Å². The molecule has 0 saturated heterocycles. The number of rotatable bonds is 2. The van der Waals surface area contributed by atoms with Crippen molar-refractivity contribution in [2.24, 2.45) is 0 Å². The molecule has 1 aromatic rings. The highest BCUT2D eigenvalue weighted by Gasteiger charge is 2.08. The predicted octanol–water partition coefficient (Wildman–Crippen LogP) is 3.38. The Morgan fingerprint density at radius 1 is 1.42 bits per heavy atom. The topological polar surface area (TPSA) is 9.23 Å². The number of hydrogen-bond acceptors (Lipinski definition) is 1. The third kappa shape index (κ3) is 2.21. The van der Waals surface area contributed by atoms with Gasteiger partial charge < -0.3 is 4.74 Å². The van der Waals surface area contributed by atoms with E-state index in [-0.39, 0.29) is 17.7 Å². The van der Waals surface area contributed by atoms with Gasteiger partial charge in [-0.25, -0.2) is 4.39 Å². The number of para-hydroxylation sites is 1. The lowest BCUT2D eigenvalue weighted by Crippen LogP contribution is -2.07. The Morgan fingerprint density at radius 2 is 2.08 bits per heavy atom. The Balaban J connectivity index is 2.96. The molecule has 0 unspecified atom stereocenters. The molecule has 0 aliphatic rings. The van der Waals surface area contributed by atoms with E-state index in [1.807, 2.05) is 13.8 Å². The maximum atomic E-state index is 13.1. The van der Waals surface area contributed by atoms with Crippen LogP contribution in [0.2, 0.25) is 0 Å². The first-order chi connectivity index (χ1) is 5.61. The van der Waals surface area contributed by atoms with Crippen LogP contribution in [-0.2, 0) is 0 Å². The molecule has 1 nitrogen and oxygen atoms in total. The van der Waals surface area contributed by atoms with Gasteiger partial charge in [0, 0.05) is 0 Å². The van der Waals surface area contributed by atoms with Gasteiger partial charge >= 0.3 is 0 Å². The molecule has 0 amide bonds. The average Bonchev–Trinajstić information content (AvgIpc) is 1.97. The fourth-order valence-corrected chi connectivity index (χ4v) is 1.27.